The van der Waals surface area contributed by atoms with E-state index in [2.05, 4.69) is 0 Å². The zero-order valence-electron chi connectivity index (χ0n) is 3.80. The van der Waals surface area contributed by atoms with Crippen molar-refractivity contribution in [2.45, 2.75) is 0 Å². The van der Waals surface area contributed by atoms with E-state index in [4.69, 9.17) is 15.0 Å². The van der Waals surface area contributed by atoms with Gasteiger partial charge < -0.3 is 11.6 Å². The Morgan fingerprint density at radius 1 is 1.50 bits per heavy atom. The fourth-order valence-corrected chi connectivity index (χ4v) is 0. The van der Waals surface area contributed by atoms with Gasteiger partial charge in [0.05, 0.1) is 0 Å². The maximum atomic E-state index is 8.56. The van der Waals surface area contributed by atoms with Crippen LogP contribution in [0.5, 0.6) is 0 Å². The maximum Gasteiger partial charge on any atom is 1.00 e. The largest absolute Gasteiger partial charge is 1.00 e. The summed E-state index contributed by atoms with van der Waals surface area (Å²) in [5.74, 6) is 0. The van der Waals surface area contributed by atoms with Crippen LogP contribution >= 0.6 is 0 Å². The maximum absolute atomic E-state index is 8.56. The molecule has 6 heavy (non-hydrogen) atoms. The van der Waals surface area contributed by atoms with Crippen molar-refractivity contribution < 1.29 is 46.0 Å². The molecule has 0 aromatic carbocycles. The van der Waals surface area contributed by atoms with Gasteiger partial charge in [0, 0.05) is 0 Å². The molecule has 2 N–H and O–H groups in total. The van der Waals surface area contributed by atoms with Crippen molar-refractivity contribution in [2.75, 3.05) is 0 Å². The SMILES string of the molecule is O=C(O)O.[H-].[Na+].[SiH4]. The fourth-order valence-electron chi connectivity index (χ4n) is 0. The van der Waals surface area contributed by atoms with Gasteiger partial charge in [0.1, 0.15) is 0 Å². The van der Waals surface area contributed by atoms with E-state index in [1.54, 1.807) is 0 Å². The van der Waals surface area contributed by atoms with Crippen LogP contribution in [0.4, 0.5) is 4.79 Å². The average Bonchev–Trinajstić information content (AvgIpc) is 0.811. The summed E-state index contributed by atoms with van der Waals surface area (Å²) < 4.78 is 0. The van der Waals surface area contributed by atoms with Gasteiger partial charge in [-0.2, -0.15) is 0 Å². The minimum atomic E-state index is -1.83. The third kappa shape index (κ3) is 230. The van der Waals surface area contributed by atoms with Gasteiger partial charge in [0.15, 0.2) is 0 Å². The minimum Gasteiger partial charge on any atom is -1.00 e. The van der Waals surface area contributed by atoms with Crippen LogP contribution in [0.2, 0.25) is 0 Å². The molecule has 0 saturated heterocycles. The zero-order valence-corrected chi connectivity index (χ0v) is 4.80. The van der Waals surface area contributed by atoms with Crippen molar-refractivity contribution in [3.63, 3.8) is 0 Å². The summed E-state index contributed by atoms with van der Waals surface area (Å²) in [7, 11) is 0. The van der Waals surface area contributed by atoms with Crippen LogP contribution in [0.1, 0.15) is 1.43 Å². The Hall–Kier alpha value is 0.487. The Labute approximate surface area is 63.2 Å². The van der Waals surface area contributed by atoms with Gasteiger partial charge >= 0.3 is 35.7 Å². The van der Waals surface area contributed by atoms with Crippen LogP contribution in [0.25, 0.3) is 0 Å². The fraction of sp³-hybridized carbons (Fsp3) is 0. The van der Waals surface area contributed by atoms with E-state index in [0.717, 1.165) is 0 Å². The molecule has 0 saturated carbocycles. The van der Waals surface area contributed by atoms with E-state index in [0.29, 0.717) is 0 Å². The number of rotatable bonds is 0. The van der Waals surface area contributed by atoms with E-state index in [1.807, 2.05) is 0 Å². The smallest absolute Gasteiger partial charge is 1.00 e. The van der Waals surface area contributed by atoms with Gasteiger partial charge in [-0.1, -0.05) is 0 Å². The van der Waals surface area contributed by atoms with E-state index < -0.39 is 6.16 Å². The minimum absolute atomic E-state index is 0. The molecule has 3 nitrogen and oxygen atoms in total. The molecule has 34 valence electrons. The van der Waals surface area contributed by atoms with Crippen LogP contribution in [-0.4, -0.2) is 27.3 Å². The van der Waals surface area contributed by atoms with Gasteiger partial charge in [0.2, 0.25) is 0 Å². The monoisotopic (exact) mass is 118 g/mol. The standard InChI is InChI=1S/CH2O3.Na.H4Si.H/c2-1(3)4;;;/h(H2,2,3,4);;1H4;/q;+1;;-1. The first-order valence-corrected chi connectivity index (χ1v) is 0.651. The number of carbonyl (C=O) groups is 1. The Balaban J connectivity index is -0.0000000150. The summed E-state index contributed by atoms with van der Waals surface area (Å²) in [4.78, 5) is 8.56. The predicted octanol–water partition coefficient (Wildman–Crippen LogP) is -4.11. The van der Waals surface area contributed by atoms with Gasteiger partial charge in [-0.3, -0.25) is 0 Å². The van der Waals surface area contributed by atoms with Gasteiger partial charge in [-0.15, -0.1) is 0 Å². The normalized spacial score (nSPS) is 4.00. The third-order valence-corrected chi connectivity index (χ3v) is 0. The Kier molecular flexibility index (Phi) is 24.3. The molecule has 0 bridgehead atoms. The second kappa shape index (κ2) is 9.09. The molecule has 0 aromatic heterocycles. The molecule has 0 rings (SSSR count). The van der Waals surface area contributed by atoms with E-state index in [9.17, 15) is 0 Å². The quantitative estimate of drug-likeness (QED) is 0.318. The molecule has 0 radical (unpaired) electrons. The molecular weight excluding hydrogens is 111 g/mol. The van der Waals surface area contributed by atoms with Gasteiger partial charge in [0.25, 0.3) is 0 Å². The van der Waals surface area contributed by atoms with Crippen LogP contribution in [0, 0.1) is 0 Å². The van der Waals surface area contributed by atoms with Crippen LogP contribution < -0.4 is 29.6 Å². The van der Waals surface area contributed by atoms with Crippen LogP contribution in [-0.2, 0) is 0 Å². The van der Waals surface area contributed by atoms with Crippen LogP contribution in [0.3, 0.4) is 0 Å². The molecule has 0 spiro atoms. The molecule has 0 aliphatic carbocycles. The van der Waals surface area contributed by atoms with Crippen LogP contribution in [0.15, 0.2) is 0 Å². The zero-order chi connectivity index (χ0) is 3.58. The summed E-state index contributed by atoms with van der Waals surface area (Å²) in [6, 6.07) is 0. The first kappa shape index (κ1) is 16.1. The van der Waals surface area contributed by atoms with Crippen molar-refractivity contribution in [3.05, 3.63) is 0 Å². The summed E-state index contributed by atoms with van der Waals surface area (Å²) in [5.41, 5.74) is 0. The summed E-state index contributed by atoms with van der Waals surface area (Å²) in [6.07, 6.45) is -1.83. The molecular formula is CH7NaO3Si. The molecule has 0 aliphatic rings. The van der Waals surface area contributed by atoms with E-state index >= 15 is 0 Å². The topological polar surface area (TPSA) is 57.5 Å². The molecule has 5 heteroatoms. The van der Waals surface area contributed by atoms with E-state index in [1.165, 1.54) is 0 Å². The molecule has 0 amide bonds. The third-order valence-electron chi connectivity index (χ3n) is 0. The Morgan fingerprint density at radius 3 is 1.50 bits per heavy atom. The number of hydrogen-bond donors (Lipinski definition) is 2. The second-order valence-electron chi connectivity index (χ2n) is 0.283. The summed E-state index contributed by atoms with van der Waals surface area (Å²) in [6.45, 7) is 0. The number of hydrogen-bond acceptors (Lipinski definition) is 1. The van der Waals surface area contributed by atoms with Gasteiger partial charge in [-0.05, 0) is 11.0 Å². The molecule has 0 unspecified atom stereocenters. The van der Waals surface area contributed by atoms with Crippen molar-refractivity contribution in [2.24, 2.45) is 0 Å². The summed E-state index contributed by atoms with van der Waals surface area (Å²) in [5, 5.41) is 13.9. The van der Waals surface area contributed by atoms with Crippen molar-refractivity contribution in [3.8, 4) is 0 Å². The molecule has 0 aliphatic heterocycles. The predicted molar refractivity (Wildman–Crippen MR) is 23.1 cm³/mol. The average molecular weight is 118 g/mol. The van der Waals surface area contributed by atoms with Crippen molar-refractivity contribution in [1.29, 1.82) is 0 Å². The number of carboxylic acid groups (broad SMARTS) is 2. The molecule has 0 fully saturated rings. The Morgan fingerprint density at radius 2 is 1.50 bits per heavy atom. The summed E-state index contributed by atoms with van der Waals surface area (Å²) >= 11 is 0. The molecule has 0 atom stereocenters. The second-order valence-corrected chi connectivity index (χ2v) is 0.283. The molecule has 0 aromatic rings. The Bertz CT molecular complexity index is 37.9. The van der Waals surface area contributed by atoms with E-state index in [-0.39, 0.29) is 41.9 Å². The van der Waals surface area contributed by atoms with Crippen molar-refractivity contribution >= 4 is 17.1 Å². The van der Waals surface area contributed by atoms with Gasteiger partial charge in [-0.25, -0.2) is 4.79 Å². The van der Waals surface area contributed by atoms with Crippen molar-refractivity contribution in [1.82, 2.24) is 0 Å². The first-order valence-electron chi connectivity index (χ1n) is 0.651. The first-order chi connectivity index (χ1) is 1.73. The molecule has 0 heterocycles.